The van der Waals surface area contributed by atoms with Gasteiger partial charge in [0.2, 0.25) is 15.4 Å². The molecule has 1 aromatic heterocycles. The molecule has 16 heteroatoms. The number of anilines is 1. The molecule has 0 saturated carbocycles. The molecule has 0 aliphatic carbocycles. The van der Waals surface area contributed by atoms with Crippen molar-refractivity contribution >= 4 is 42.4 Å². The maximum atomic E-state index is 12.0. The van der Waals surface area contributed by atoms with Crippen molar-refractivity contribution in [2.45, 2.75) is 16.3 Å². The van der Waals surface area contributed by atoms with Crippen molar-refractivity contribution in [3.05, 3.63) is 0 Å². The number of alkyl halides is 3. The minimum absolute atomic E-state index is 0.257. The van der Waals surface area contributed by atoms with E-state index in [0.29, 0.717) is 11.3 Å². The van der Waals surface area contributed by atoms with E-state index in [0.717, 1.165) is 0 Å². The second kappa shape index (κ2) is 6.41. The lowest BCUT2D eigenvalue weighted by atomic mass is 10.4. The van der Waals surface area contributed by atoms with Crippen LogP contribution in [0.4, 0.5) is 18.3 Å². The highest BCUT2D eigenvalue weighted by Crippen LogP contribution is 2.21. The van der Waals surface area contributed by atoms with Gasteiger partial charge in [0.25, 0.3) is 10.0 Å². The van der Waals surface area contributed by atoms with Crippen LogP contribution >= 0.6 is 11.3 Å². The molecule has 0 unspecified atom stereocenters. The Kier molecular flexibility index (Phi) is 5.44. The highest BCUT2D eigenvalue weighted by atomic mass is 32.2. The molecule has 0 saturated heterocycles. The van der Waals surface area contributed by atoms with Crippen molar-refractivity contribution in [3.8, 4) is 0 Å². The monoisotopic (exact) mass is 383 g/mol. The van der Waals surface area contributed by atoms with Crippen LogP contribution in [0.2, 0.25) is 0 Å². The van der Waals surface area contributed by atoms with Gasteiger partial charge in [-0.05, 0) is 0 Å². The number of primary sulfonamides is 1. The van der Waals surface area contributed by atoms with Crippen molar-refractivity contribution in [1.82, 2.24) is 14.9 Å². The number of nitrogens with two attached hydrogens (primary N) is 1. The van der Waals surface area contributed by atoms with Crippen LogP contribution in [-0.4, -0.2) is 45.0 Å². The summed E-state index contributed by atoms with van der Waals surface area (Å²) in [7, 11) is -9.63. The maximum Gasteiger partial charge on any atom is 0.511 e. The van der Waals surface area contributed by atoms with E-state index in [1.807, 2.05) is 5.32 Å². The minimum atomic E-state index is -5.53. The molecule has 0 radical (unpaired) electrons. The number of nitrogens with zero attached hydrogens (tertiary/aromatic N) is 2. The molecule has 0 atom stereocenters. The van der Waals surface area contributed by atoms with Crippen LogP contribution in [0.5, 0.6) is 0 Å². The molecule has 1 amide bonds. The molecule has 0 aromatic carbocycles. The second-order valence-electron chi connectivity index (χ2n) is 3.56. The van der Waals surface area contributed by atoms with Crippen molar-refractivity contribution in [3.63, 3.8) is 0 Å². The number of amides is 1. The fraction of sp³-hybridized carbons (Fsp3) is 0.500. The van der Waals surface area contributed by atoms with Crippen LogP contribution in [0.25, 0.3) is 0 Å². The minimum Gasteiger partial charge on any atom is -0.300 e. The van der Waals surface area contributed by atoms with E-state index in [-0.39, 0.29) is 5.13 Å². The molecule has 1 aromatic rings. The first-order valence-electron chi connectivity index (χ1n) is 5.05. The average Bonchev–Trinajstić information content (AvgIpc) is 2.75. The summed E-state index contributed by atoms with van der Waals surface area (Å²) in [5.74, 6) is -0.901. The number of carbonyl (C=O) groups excluding carboxylic acids is 1. The number of halogens is 3. The van der Waals surface area contributed by atoms with Crippen LogP contribution in [0.15, 0.2) is 4.34 Å². The van der Waals surface area contributed by atoms with Gasteiger partial charge in [-0.15, -0.1) is 10.2 Å². The summed E-state index contributed by atoms with van der Waals surface area (Å²) in [5, 5.41) is 13.0. The largest absolute Gasteiger partial charge is 0.511 e. The number of carbonyl (C=O) groups is 1. The smallest absolute Gasteiger partial charge is 0.300 e. The SMILES string of the molecule is NS(=O)(=O)c1nnc(NC(=O)CCNS(=O)(=O)C(F)(F)F)s1. The molecule has 10 nitrogen and oxygen atoms in total. The number of hydrogen-bond donors (Lipinski definition) is 3. The van der Waals surface area contributed by atoms with Crippen LogP contribution in [0, 0.1) is 0 Å². The molecule has 0 bridgehead atoms. The third-order valence-corrected chi connectivity index (χ3v) is 5.19. The average molecular weight is 383 g/mol. The van der Waals surface area contributed by atoms with Gasteiger partial charge in [-0.3, -0.25) is 4.79 Å². The van der Waals surface area contributed by atoms with Gasteiger partial charge in [0, 0.05) is 13.0 Å². The van der Waals surface area contributed by atoms with E-state index in [1.165, 1.54) is 4.72 Å². The molecule has 0 aliphatic rings. The standard InChI is InChI=1S/C6H8F3N5O5S3/c7-6(8,9)22(18,19)11-2-1-3(15)12-4-13-14-5(20-4)21(10,16)17/h11H,1-2H2,(H2,10,16,17)(H,12,13,15). The molecule has 22 heavy (non-hydrogen) atoms. The van der Waals surface area contributed by atoms with E-state index in [4.69, 9.17) is 5.14 Å². The van der Waals surface area contributed by atoms with Gasteiger partial charge in [-0.2, -0.15) is 13.2 Å². The van der Waals surface area contributed by atoms with Gasteiger partial charge in [0.1, 0.15) is 0 Å². The molecule has 4 N–H and O–H groups in total. The van der Waals surface area contributed by atoms with E-state index in [9.17, 15) is 34.8 Å². The number of nitrogens with one attached hydrogen (secondary N) is 2. The summed E-state index contributed by atoms with van der Waals surface area (Å²) in [4.78, 5) is 11.3. The predicted octanol–water partition coefficient (Wildman–Crippen LogP) is -1.05. The third kappa shape index (κ3) is 5.13. The molecule has 126 valence electrons. The molecular weight excluding hydrogens is 375 g/mol. The fourth-order valence-corrected chi connectivity index (χ4v) is 2.82. The summed E-state index contributed by atoms with van der Waals surface area (Å²) in [6, 6.07) is 0. The van der Waals surface area contributed by atoms with Gasteiger partial charge >= 0.3 is 15.5 Å². The van der Waals surface area contributed by atoms with E-state index in [1.54, 1.807) is 0 Å². The topological polar surface area (TPSA) is 161 Å². The molecular formula is C6H8F3N5O5S3. The Bertz CT molecular complexity index is 755. The summed E-state index contributed by atoms with van der Waals surface area (Å²) in [6.45, 7) is -0.811. The molecule has 0 spiro atoms. The molecule has 1 rings (SSSR count). The summed E-state index contributed by atoms with van der Waals surface area (Å²) < 4.78 is 79.6. The summed E-state index contributed by atoms with van der Waals surface area (Å²) >= 11 is 0.426. The quantitative estimate of drug-likeness (QED) is 0.528. The zero-order valence-corrected chi connectivity index (χ0v) is 12.7. The Labute approximate surface area is 126 Å². The fourth-order valence-electron chi connectivity index (χ4n) is 0.938. The van der Waals surface area contributed by atoms with Crippen LogP contribution < -0.4 is 15.2 Å². The Morgan fingerprint density at radius 3 is 2.27 bits per heavy atom. The van der Waals surface area contributed by atoms with Crippen LogP contribution in [-0.2, 0) is 24.8 Å². The maximum absolute atomic E-state index is 12.0. The van der Waals surface area contributed by atoms with Crippen LogP contribution in [0.1, 0.15) is 6.42 Å². The van der Waals surface area contributed by atoms with Gasteiger partial charge in [0.05, 0.1) is 0 Å². The molecule has 0 fully saturated rings. The number of sulfonamides is 2. The zero-order valence-electron chi connectivity index (χ0n) is 10.3. The summed E-state index contributed by atoms with van der Waals surface area (Å²) in [6.07, 6.45) is -0.639. The first-order chi connectivity index (χ1) is 9.83. The van der Waals surface area contributed by atoms with Gasteiger partial charge in [0.15, 0.2) is 0 Å². The summed E-state index contributed by atoms with van der Waals surface area (Å²) in [5.41, 5.74) is -5.48. The van der Waals surface area contributed by atoms with E-state index < -0.39 is 48.8 Å². The van der Waals surface area contributed by atoms with Gasteiger partial charge in [-0.1, -0.05) is 11.3 Å². The Hall–Kier alpha value is -1.36. The third-order valence-electron chi connectivity index (χ3n) is 1.85. The molecule has 1 heterocycles. The van der Waals surface area contributed by atoms with Gasteiger partial charge in [-0.25, -0.2) is 26.7 Å². The van der Waals surface area contributed by atoms with Crippen molar-refractivity contribution in [2.75, 3.05) is 11.9 Å². The van der Waals surface area contributed by atoms with Crippen molar-refractivity contribution in [2.24, 2.45) is 5.14 Å². The van der Waals surface area contributed by atoms with Crippen molar-refractivity contribution in [1.29, 1.82) is 0 Å². The van der Waals surface area contributed by atoms with Crippen LogP contribution in [0.3, 0.4) is 0 Å². The Morgan fingerprint density at radius 2 is 1.82 bits per heavy atom. The lowest BCUT2D eigenvalue weighted by molar-refractivity contribution is -0.116. The van der Waals surface area contributed by atoms with Crippen molar-refractivity contribution < 1.29 is 34.8 Å². The Balaban J connectivity index is 2.53. The number of rotatable bonds is 6. The lowest BCUT2D eigenvalue weighted by Gasteiger charge is -2.08. The predicted molar refractivity (Wildman–Crippen MR) is 67.5 cm³/mol. The normalized spacial score (nSPS) is 13.1. The van der Waals surface area contributed by atoms with Gasteiger partial charge < -0.3 is 5.32 Å². The second-order valence-corrected chi connectivity index (χ2v) is 8.03. The van der Waals surface area contributed by atoms with E-state index >= 15 is 0 Å². The molecule has 0 aliphatic heterocycles. The Morgan fingerprint density at radius 1 is 1.23 bits per heavy atom. The first kappa shape index (κ1) is 18.7. The highest BCUT2D eigenvalue weighted by molar-refractivity contribution is 7.91. The lowest BCUT2D eigenvalue weighted by Crippen LogP contribution is -2.37. The zero-order chi connectivity index (χ0) is 17.2. The highest BCUT2D eigenvalue weighted by Gasteiger charge is 2.45. The first-order valence-corrected chi connectivity index (χ1v) is 8.89. The van der Waals surface area contributed by atoms with E-state index in [2.05, 4.69) is 10.2 Å². The number of hydrogen-bond acceptors (Lipinski definition) is 8. The number of aromatic nitrogens is 2.